The number of aliphatic hydroxyl groups excluding tert-OH is 1. The molecule has 1 saturated heterocycles. The molecule has 1 aliphatic heterocycles. The summed E-state index contributed by atoms with van der Waals surface area (Å²) in [7, 11) is 1.61. The molecule has 10 heteroatoms. The highest BCUT2D eigenvalue weighted by molar-refractivity contribution is 8.26. The van der Waals surface area contributed by atoms with E-state index >= 15 is 0 Å². The van der Waals surface area contributed by atoms with Crippen molar-refractivity contribution in [2.45, 2.75) is 32.7 Å². The first kappa shape index (κ1) is 23.4. The van der Waals surface area contributed by atoms with Gasteiger partial charge in [0.05, 0.1) is 23.1 Å². The summed E-state index contributed by atoms with van der Waals surface area (Å²) in [5.74, 6) is 0.102. The fraction of sp³-hybridized carbons (Fsp3) is 0.429. The van der Waals surface area contributed by atoms with Crippen LogP contribution in [0.1, 0.15) is 30.9 Å². The Morgan fingerprint density at radius 3 is 2.87 bits per heavy atom. The molecular formula is C21H26N4O4S2. The monoisotopic (exact) mass is 462 g/mol. The molecule has 0 saturated carbocycles. The minimum absolute atomic E-state index is 0.105. The summed E-state index contributed by atoms with van der Waals surface area (Å²) in [5.41, 5.74) is 1.32. The first-order valence-electron chi connectivity index (χ1n) is 10.0. The maximum atomic E-state index is 13.3. The first-order valence-corrected chi connectivity index (χ1v) is 11.3. The Balaban J connectivity index is 2.08. The van der Waals surface area contributed by atoms with Crippen molar-refractivity contribution in [3.63, 3.8) is 0 Å². The van der Waals surface area contributed by atoms with Gasteiger partial charge in [-0.05, 0) is 37.5 Å². The molecule has 166 valence electrons. The molecule has 0 bridgehead atoms. The van der Waals surface area contributed by atoms with Gasteiger partial charge in [-0.3, -0.25) is 18.9 Å². The molecule has 2 N–H and O–H groups in total. The number of fused-ring (bicyclic) bond motifs is 1. The number of methoxy groups -OCH3 is 1. The van der Waals surface area contributed by atoms with Gasteiger partial charge in [0.1, 0.15) is 15.8 Å². The number of anilines is 1. The van der Waals surface area contributed by atoms with Crippen LogP contribution in [0.2, 0.25) is 0 Å². The van der Waals surface area contributed by atoms with Gasteiger partial charge in [0.25, 0.3) is 11.5 Å². The van der Waals surface area contributed by atoms with Crippen LogP contribution in [0, 0.1) is 6.92 Å². The number of thiocarbonyl (C=S) groups is 1. The average Bonchev–Trinajstić information content (AvgIpc) is 3.02. The Morgan fingerprint density at radius 2 is 2.19 bits per heavy atom. The van der Waals surface area contributed by atoms with Gasteiger partial charge in [0.15, 0.2) is 0 Å². The number of aromatic nitrogens is 2. The maximum Gasteiger partial charge on any atom is 0.267 e. The molecule has 2 aromatic rings. The Kier molecular flexibility index (Phi) is 7.82. The molecule has 1 fully saturated rings. The van der Waals surface area contributed by atoms with Gasteiger partial charge < -0.3 is 15.2 Å². The van der Waals surface area contributed by atoms with E-state index in [0.717, 1.165) is 5.56 Å². The van der Waals surface area contributed by atoms with Gasteiger partial charge >= 0.3 is 0 Å². The van der Waals surface area contributed by atoms with Crippen molar-refractivity contribution in [2.75, 3.05) is 32.2 Å². The van der Waals surface area contributed by atoms with Gasteiger partial charge in [0.2, 0.25) is 0 Å². The molecule has 3 heterocycles. The smallest absolute Gasteiger partial charge is 0.267 e. The molecule has 0 unspecified atom stereocenters. The number of ether oxygens (including phenoxy) is 1. The number of hydrogen-bond donors (Lipinski definition) is 2. The van der Waals surface area contributed by atoms with Gasteiger partial charge in [-0.25, -0.2) is 4.98 Å². The molecule has 0 aliphatic carbocycles. The zero-order chi connectivity index (χ0) is 22.5. The first-order chi connectivity index (χ1) is 14.9. The number of carbonyl (C=O) groups is 1. The number of thioether (sulfide) groups is 1. The zero-order valence-corrected chi connectivity index (χ0v) is 19.4. The zero-order valence-electron chi connectivity index (χ0n) is 17.8. The second-order valence-corrected chi connectivity index (χ2v) is 8.85. The number of nitrogens with zero attached hydrogens (tertiary/aromatic N) is 3. The minimum Gasteiger partial charge on any atom is -0.394 e. The van der Waals surface area contributed by atoms with E-state index in [9.17, 15) is 14.7 Å². The summed E-state index contributed by atoms with van der Waals surface area (Å²) in [6, 6.07) is 3.38. The summed E-state index contributed by atoms with van der Waals surface area (Å²) in [4.78, 5) is 32.8. The van der Waals surface area contributed by atoms with Crippen molar-refractivity contribution < 1.29 is 14.6 Å². The summed E-state index contributed by atoms with van der Waals surface area (Å²) in [5, 5.41) is 12.8. The predicted octanol–water partition coefficient (Wildman–Crippen LogP) is 2.42. The molecule has 8 nitrogen and oxygen atoms in total. The molecule has 1 amide bonds. The highest BCUT2D eigenvalue weighted by Crippen LogP contribution is 2.33. The van der Waals surface area contributed by atoms with Crippen molar-refractivity contribution >= 4 is 51.7 Å². The molecule has 1 atom stereocenters. The molecule has 0 spiro atoms. The summed E-state index contributed by atoms with van der Waals surface area (Å²) in [6.45, 7) is 4.68. The highest BCUT2D eigenvalue weighted by Gasteiger charge is 2.32. The highest BCUT2D eigenvalue weighted by atomic mass is 32.2. The van der Waals surface area contributed by atoms with Crippen LogP contribution < -0.4 is 10.9 Å². The number of pyridine rings is 1. The maximum absolute atomic E-state index is 13.3. The molecule has 2 aromatic heterocycles. The van der Waals surface area contributed by atoms with E-state index in [1.54, 1.807) is 25.4 Å². The number of aryl methyl sites for hydroxylation is 1. The van der Waals surface area contributed by atoms with Crippen molar-refractivity contribution in [3.05, 3.63) is 44.7 Å². The molecule has 3 rings (SSSR count). The van der Waals surface area contributed by atoms with Crippen LogP contribution in [0.25, 0.3) is 11.7 Å². The van der Waals surface area contributed by atoms with Crippen LogP contribution in [-0.2, 0) is 9.53 Å². The number of rotatable bonds is 9. The van der Waals surface area contributed by atoms with Crippen LogP contribution in [-0.4, -0.2) is 62.5 Å². The van der Waals surface area contributed by atoms with E-state index in [0.29, 0.717) is 46.7 Å². The third-order valence-electron chi connectivity index (χ3n) is 5.02. The van der Waals surface area contributed by atoms with E-state index in [4.69, 9.17) is 17.0 Å². The summed E-state index contributed by atoms with van der Waals surface area (Å²) in [6.07, 6.45) is 4.51. The van der Waals surface area contributed by atoms with E-state index in [1.165, 1.54) is 21.1 Å². The fourth-order valence-corrected chi connectivity index (χ4v) is 4.50. The SMILES string of the molecule is CC[C@@H](CO)Nc1nc2c(C)cccn2c(=O)c1/C=C1/SC(=S)N(CCCOC)C1=O. The second-order valence-electron chi connectivity index (χ2n) is 7.18. The molecular weight excluding hydrogens is 436 g/mol. The van der Waals surface area contributed by atoms with Gasteiger partial charge in [-0.15, -0.1) is 0 Å². The number of amides is 1. The number of nitrogens with one attached hydrogen (secondary N) is 1. The van der Waals surface area contributed by atoms with E-state index in [1.807, 2.05) is 19.9 Å². The third-order valence-corrected chi connectivity index (χ3v) is 6.40. The fourth-order valence-electron chi connectivity index (χ4n) is 3.21. The lowest BCUT2D eigenvalue weighted by atomic mass is 10.2. The second kappa shape index (κ2) is 10.4. The molecule has 1 aliphatic rings. The summed E-state index contributed by atoms with van der Waals surface area (Å²) >= 11 is 6.53. The van der Waals surface area contributed by atoms with Crippen molar-refractivity contribution in [3.8, 4) is 0 Å². The Morgan fingerprint density at radius 1 is 1.42 bits per heavy atom. The lowest BCUT2D eigenvalue weighted by Crippen LogP contribution is -2.30. The number of carbonyl (C=O) groups excluding carboxylic acids is 1. The van der Waals surface area contributed by atoms with Gasteiger partial charge in [0, 0.05) is 26.5 Å². The Labute approximate surface area is 190 Å². The molecule has 0 radical (unpaired) electrons. The van der Waals surface area contributed by atoms with E-state index in [2.05, 4.69) is 10.3 Å². The predicted molar refractivity (Wildman–Crippen MR) is 127 cm³/mol. The minimum atomic E-state index is -0.298. The number of aliphatic hydroxyl groups is 1. The topological polar surface area (TPSA) is 96.2 Å². The lowest BCUT2D eigenvalue weighted by Gasteiger charge is -2.17. The average molecular weight is 463 g/mol. The van der Waals surface area contributed by atoms with Crippen molar-refractivity contribution in [2.24, 2.45) is 0 Å². The number of hydrogen-bond acceptors (Lipinski definition) is 8. The summed E-state index contributed by atoms with van der Waals surface area (Å²) < 4.78 is 6.97. The van der Waals surface area contributed by atoms with Gasteiger partial charge in [-0.1, -0.05) is 37.0 Å². The van der Waals surface area contributed by atoms with Crippen LogP contribution in [0.3, 0.4) is 0 Å². The van der Waals surface area contributed by atoms with E-state index in [-0.39, 0.29) is 29.7 Å². The quantitative estimate of drug-likeness (QED) is 0.333. The van der Waals surface area contributed by atoms with Gasteiger partial charge in [-0.2, -0.15) is 0 Å². The lowest BCUT2D eigenvalue weighted by molar-refractivity contribution is -0.122. The van der Waals surface area contributed by atoms with Crippen LogP contribution >= 0.6 is 24.0 Å². The van der Waals surface area contributed by atoms with E-state index < -0.39 is 0 Å². The van der Waals surface area contributed by atoms with Crippen molar-refractivity contribution in [1.29, 1.82) is 0 Å². The van der Waals surface area contributed by atoms with Crippen LogP contribution in [0.15, 0.2) is 28.0 Å². The third kappa shape index (κ3) is 4.98. The Bertz CT molecular complexity index is 1080. The van der Waals surface area contributed by atoms with Crippen molar-refractivity contribution in [1.82, 2.24) is 14.3 Å². The van der Waals surface area contributed by atoms with Crippen LogP contribution in [0.4, 0.5) is 5.82 Å². The molecule has 0 aromatic carbocycles. The van der Waals surface area contributed by atoms with Crippen LogP contribution in [0.5, 0.6) is 0 Å². The normalized spacial score (nSPS) is 16.5. The standard InChI is InChI=1S/C21H26N4O4S2/c1-4-14(12-26)22-17-15(19(27)24-8-5-7-13(2)18(24)23-17)11-16-20(28)25(21(30)31-16)9-6-10-29-3/h5,7-8,11,14,22,26H,4,6,9-10,12H2,1-3H3/b16-11+/t14-/m0/s1. The largest absolute Gasteiger partial charge is 0.394 e. The molecule has 31 heavy (non-hydrogen) atoms. The Hall–Kier alpha value is -2.27.